The minimum absolute atomic E-state index is 0.128. The summed E-state index contributed by atoms with van der Waals surface area (Å²) in [4.78, 5) is 33.8. The Morgan fingerprint density at radius 2 is 1.58 bits per heavy atom. The van der Waals surface area contributed by atoms with E-state index < -0.39 is 23.0 Å². The molecule has 8 nitrogen and oxygen atoms in total. The second kappa shape index (κ2) is 8.66. The van der Waals surface area contributed by atoms with Gasteiger partial charge in [0, 0.05) is 12.1 Å². The first kappa shape index (κ1) is 19.1. The van der Waals surface area contributed by atoms with Crippen LogP contribution in [0, 0.1) is 10.1 Å². The summed E-state index contributed by atoms with van der Waals surface area (Å²) in [6, 6.07) is 5.05. The van der Waals surface area contributed by atoms with Crippen LogP contribution in [0.5, 0.6) is 5.75 Å². The van der Waals surface area contributed by atoms with Crippen molar-refractivity contribution in [3.05, 3.63) is 46.2 Å². The van der Waals surface area contributed by atoms with Crippen molar-refractivity contribution in [2.75, 3.05) is 0 Å². The minimum Gasteiger partial charge on any atom is -0.460 e. The predicted octanol–water partition coefficient (Wildman–Crippen LogP) is 2.76. The third kappa shape index (κ3) is 6.47. The second-order valence-electron chi connectivity index (χ2n) is 5.30. The smallest absolute Gasteiger partial charge is 0.374 e. The van der Waals surface area contributed by atoms with Crippen molar-refractivity contribution in [3.8, 4) is 5.75 Å². The van der Waals surface area contributed by atoms with Crippen molar-refractivity contribution >= 4 is 17.6 Å². The van der Waals surface area contributed by atoms with Crippen LogP contribution in [0.25, 0.3) is 0 Å². The average Bonchev–Trinajstić information content (AvgIpc) is 2.45. The molecule has 0 saturated heterocycles. The number of rotatable bonds is 7. The number of carbonyl (C=O) groups is 2. The summed E-state index contributed by atoms with van der Waals surface area (Å²) in [6.45, 7) is 6.62. The maximum atomic E-state index is 12.0. The van der Waals surface area contributed by atoms with Gasteiger partial charge in [-0.05, 0) is 39.8 Å². The first-order chi connectivity index (χ1) is 11.2. The second-order valence-corrected chi connectivity index (χ2v) is 5.30. The van der Waals surface area contributed by atoms with Crippen molar-refractivity contribution in [3.63, 3.8) is 0 Å². The summed E-state index contributed by atoms with van der Waals surface area (Å²) in [5, 5.41) is 10.6. The Morgan fingerprint density at radius 3 is 2.04 bits per heavy atom. The molecule has 0 spiro atoms. The number of hydrogen-bond donors (Lipinski definition) is 0. The Bertz CT molecular complexity index is 632. The SMILES string of the molecule is CC(C)OC(=O)/C=C(/Oc1ccc([N+](=O)[O-])cc1)C(=O)OC(C)C. The van der Waals surface area contributed by atoms with Gasteiger partial charge in [0.05, 0.1) is 23.2 Å². The molecule has 130 valence electrons. The zero-order chi connectivity index (χ0) is 18.3. The highest BCUT2D eigenvalue weighted by atomic mass is 16.6. The maximum absolute atomic E-state index is 12.0. The minimum atomic E-state index is -0.843. The Labute approximate surface area is 139 Å². The van der Waals surface area contributed by atoms with Crippen LogP contribution in [0.2, 0.25) is 0 Å². The lowest BCUT2D eigenvalue weighted by atomic mass is 10.3. The van der Waals surface area contributed by atoms with Crippen LogP contribution < -0.4 is 4.74 Å². The molecular weight excluding hydrogens is 318 g/mol. The Balaban J connectivity index is 2.99. The molecule has 0 aliphatic heterocycles. The molecule has 0 unspecified atom stereocenters. The predicted molar refractivity (Wildman–Crippen MR) is 84.3 cm³/mol. The zero-order valence-corrected chi connectivity index (χ0v) is 13.8. The molecule has 0 fully saturated rings. The van der Waals surface area contributed by atoms with E-state index in [1.165, 1.54) is 24.3 Å². The van der Waals surface area contributed by atoms with Gasteiger partial charge in [-0.3, -0.25) is 10.1 Å². The van der Waals surface area contributed by atoms with Crippen LogP contribution in [0.15, 0.2) is 36.1 Å². The number of carbonyl (C=O) groups excluding carboxylic acids is 2. The molecule has 1 aromatic rings. The summed E-state index contributed by atoms with van der Waals surface area (Å²) >= 11 is 0. The van der Waals surface area contributed by atoms with Crippen molar-refractivity contribution in [2.24, 2.45) is 0 Å². The number of ether oxygens (including phenoxy) is 3. The number of esters is 2. The Kier molecular flexibility index (Phi) is 6.91. The molecule has 0 aliphatic carbocycles. The highest BCUT2D eigenvalue weighted by Gasteiger charge is 2.19. The quantitative estimate of drug-likeness (QED) is 0.248. The summed E-state index contributed by atoms with van der Waals surface area (Å²) in [5.74, 6) is -1.83. The highest BCUT2D eigenvalue weighted by Crippen LogP contribution is 2.20. The summed E-state index contributed by atoms with van der Waals surface area (Å²) in [5.41, 5.74) is -0.128. The molecule has 0 aromatic heterocycles. The van der Waals surface area contributed by atoms with Gasteiger partial charge in [0.2, 0.25) is 5.76 Å². The topological polar surface area (TPSA) is 105 Å². The van der Waals surface area contributed by atoms with Gasteiger partial charge in [0.15, 0.2) is 0 Å². The number of hydrogen-bond acceptors (Lipinski definition) is 7. The van der Waals surface area contributed by atoms with Gasteiger partial charge in [-0.25, -0.2) is 9.59 Å². The van der Waals surface area contributed by atoms with Gasteiger partial charge in [-0.1, -0.05) is 0 Å². The lowest BCUT2D eigenvalue weighted by Crippen LogP contribution is -2.19. The molecule has 0 N–H and O–H groups in total. The largest absolute Gasteiger partial charge is 0.460 e. The van der Waals surface area contributed by atoms with E-state index in [-0.39, 0.29) is 23.3 Å². The summed E-state index contributed by atoms with van der Waals surface area (Å²) in [7, 11) is 0. The molecule has 24 heavy (non-hydrogen) atoms. The fourth-order valence-electron chi connectivity index (χ4n) is 1.54. The third-order valence-electron chi connectivity index (χ3n) is 2.42. The monoisotopic (exact) mass is 337 g/mol. The molecule has 0 heterocycles. The van der Waals surface area contributed by atoms with Crippen LogP contribution in [0.3, 0.4) is 0 Å². The van der Waals surface area contributed by atoms with E-state index in [2.05, 4.69) is 0 Å². The van der Waals surface area contributed by atoms with Gasteiger partial charge < -0.3 is 14.2 Å². The Morgan fingerprint density at radius 1 is 1.04 bits per heavy atom. The van der Waals surface area contributed by atoms with E-state index in [1.807, 2.05) is 0 Å². The van der Waals surface area contributed by atoms with E-state index in [4.69, 9.17) is 14.2 Å². The van der Waals surface area contributed by atoms with Crippen LogP contribution in [0.1, 0.15) is 27.7 Å². The van der Waals surface area contributed by atoms with Gasteiger partial charge in [-0.2, -0.15) is 0 Å². The number of nitro groups is 1. The molecule has 1 aromatic carbocycles. The van der Waals surface area contributed by atoms with E-state index in [0.29, 0.717) is 0 Å². The third-order valence-corrected chi connectivity index (χ3v) is 2.42. The van der Waals surface area contributed by atoms with E-state index in [1.54, 1.807) is 27.7 Å². The molecule has 0 aliphatic rings. The fourth-order valence-corrected chi connectivity index (χ4v) is 1.54. The lowest BCUT2D eigenvalue weighted by molar-refractivity contribution is -0.384. The van der Waals surface area contributed by atoms with E-state index >= 15 is 0 Å². The number of benzene rings is 1. The molecule has 0 saturated carbocycles. The summed E-state index contributed by atoms with van der Waals surface area (Å²) < 4.78 is 15.3. The first-order valence-electron chi connectivity index (χ1n) is 7.24. The molecule has 0 radical (unpaired) electrons. The maximum Gasteiger partial charge on any atom is 0.374 e. The van der Waals surface area contributed by atoms with Crippen molar-refractivity contribution in [1.29, 1.82) is 0 Å². The number of nitro benzene ring substituents is 1. The van der Waals surface area contributed by atoms with Crippen LogP contribution in [-0.4, -0.2) is 29.1 Å². The van der Waals surface area contributed by atoms with Gasteiger partial charge in [-0.15, -0.1) is 0 Å². The normalized spacial score (nSPS) is 11.3. The fraction of sp³-hybridized carbons (Fsp3) is 0.375. The van der Waals surface area contributed by atoms with E-state index in [0.717, 1.165) is 6.08 Å². The first-order valence-corrected chi connectivity index (χ1v) is 7.24. The van der Waals surface area contributed by atoms with Crippen molar-refractivity contribution < 1.29 is 28.7 Å². The van der Waals surface area contributed by atoms with Gasteiger partial charge >= 0.3 is 11.9 Å². The lowest BCUT2D eigenvalue weighted by Gasteiger charge is -2.12. The molecule has 8 heteroatoms. The van der Waals surface area contributed by atoms with Crippen LogP contribution >= 0.6 is 0 Å². The number of nitrogens with zero attached hydrogens (tertiary/aromatic N) is 1. The molecule has 0 amide bonds. The standard InChI is InChI=1S/C16H19NO7/c1-10(2)22-15(18)9-14(16(19)23-11(3)4)24-13-7-5-12(6-8-13)17(20)21/h5-11H,1-4H3/b14-9+. The zero-order valence-electron chi connectivity index (χ0n) is 13.8. The average molecular weight is 337 g/mol. The van der Waals surface area contributed by atoms with Crippen LogP contribution in [0.4, 0.5) is 5.69 Å². The van der Waals surface area contributed by atoms with Crippen LogP contribution in [-0.2, 0) is 19.1 Å². The molecule has 0 atom stereocenters. The molecule has 0 bridgehead atoms. The van der Waals surface area contributed by atoms with Gasteiger partial charge in [0.25, 0.3) is 5.69 Å². The van der Waals surface area contributed by atoms with Crippen molar-refractivity contribution in [1.82, 2.24) is 0 Å². The number of non-ortho nitro benzene ring substituents is 1. The summed E-state index contributed by atoms with van der Waals surface area (Å²) in [6.07, 6.45) is 0.101. The van der Waals surface area contributed by atoms with E-state index in [9.17, 15) is 19.7 Å². The Hall–Kier alpha value is -2.90. The highest BCUT2D eigenvalue weighted by molar-refractivity contribution is 5.95. The van der Waals surface area contributed by atoms with Crippen molar-refractivity contribution in [2.45, 2.75) is 39.9 Å². The molecular formula is C16H19NO7. The van der Waals surface area contributed by atoms with Gasteiger partial charge in [0.1, 0.15) is 5.75 Å². The molecule has 1 rings (SSSR count).